The van der Waals surface area contributed by atoms with Gasteiger partial charge in [-0.1, -0.05) is 26.7 Å². The van der Waals surface area contributed by atoms with Crippen LogP contribution in [0.25, 0.3) is 11.0 Å². The van der Waals surface area contributed by atoms with Gasteiger partial charge >= 0.3 is 11.6 Å². The Kier molecular flexibility index (Phi) is 5.14. The second-order valence-corrected chi connectivity index (χ2v) is 5.36. The molecule has 1 aromatic carbocycles. The average molecular weight is 288 g/mol. The van der Waals surface area contributed by atoms with E-state index in [1.165, 1.54) is 6.07 Å². The molecule has 1 aromatic heterocycles. The maximum Gasteiger partial charge on any atom is 0.336 e. The van der Waals surface area contributed by atoms with Gasteiger partial charge in [-0.2, -0.15) is 0 Å². The molecular formula is C17H20O4. The molecule has 0 radical (unpaired) electrons. The summed E-state index contributed by atoms with van der Waals surface area (Å²) in [5.74, 6) is 0.678. The number of hydrogen-bond acceptors (Lipinski definition) is 4. The van der Waals surface area contributed by atoms with Crippen LogP contribution in [0.1, 0.15) is 39.5 Å². The summed E-state index contributed by atoms with van der Waals surface area (Å²) in [6, 6.07) is 8.09. The highest BCUT2D eigenvalue weighted by Gasteiger charge is 2.09. The van der Waals surface area contributed by atoms with Crippen molar-refractivity contribution in [2.75, 3.05) is 0 Å². The maximum absolute atomic E-state index is 11.8. The lowest BCUT2D eigenvalue weighted by atomic mass is 10.0. The number of esters is 1. The molecule has 112 valence electrons. The lowest BCUT2D eigenvalue weighted by Gasteiger charge is -2.09. The third-order valence-electron chi connectivity index (χ3n) is 3.45. The molecule has 4 nitrogen and oxygen atoms in total. The Morgan fingerprint density at radius 1 is 1.24 bits per heavy atom. The van der Waals surface area contributed by atoms with Gasteiger partial charge in [0, 0.05) is 23.9 Å². The first-order valence-corrected chi connectivity index (χ1v) is 7.33. The molecule has 0 spiro atoms. The molecule has 0 aliphatic carbocycles. The Morgan fingerprint density at radius 2 is 2.00 bits per heavy atom. The molecule has 2 rings (SSSR count). The number of carbonyl (C=O) groups excluding carboxylic acids is 1. The summed E-state index contributed by atoms with van der Waals surface area (Å²) in [4.78, 5) is 23.0. The molecule has 0 saturated heterocycles. The highest BCUT2D eigenvalue weighted by Crippen LogP contribution is 2.20. The van der Waals surface area contributed by atoms with Gasteiger partial charge in [-0.05, 0) is 30.5 Å². The van der Waals surface area contributed by atoms with Crippen LogP contribution in [0.2, 0.25) is 0 Å². The number of carbonyl (C=O) groups is 1. The van der Waals surface area contributed by atoms with Gasteiger partial charge in [-0.3, -0.25) is 4.79 Å². The maximum atomic E-state index is 11.8. The minimum Gasteiger partial charge on any atom is -0.426 e. The Bertz CT molecular complexity index is 672. The third-order valence-corrected chi connectivity index (χ3v) is 3.45. The molecule has 1 heterocycles. The zero-order valence-electron chi connectivity index (χ0n) is 12.4. The number of benzene rings is 1. The molecule has 1 atom stereocenters. The number of hydrogen-bond donors (Lipinski definition) is 0. The molecule has 0 amide bonds. The molecule has 0 saturated carbocycles. The number of ether oxygens (including phenoxy) is 1. The highest BCUT2D eigenvalue weighted by molar-refractivity contribution is 5.79. The van der Waals surface area contributed by atoms with Gasteiger partial charge < -0.3 is 9.15 Å². The van der Waals surface area contributed by atoms with Crippen molar-refractivity contribution in [3.05, 3.63) is 40.8 Å². The first-order chi connectivity index (χ1) is 10.1. The third kappa shape index (κ3) is 4.45. The standard InChI is InChI=1S/C17H20O4/c1-3-4-12(2)5-9-16(18)20-14-8-6-13-7-10-17(19)21-15(13)11-14/h6-8,10-12H,3-5,9H2,1-2H3. The normalized spacial score (nSPS) is 12.3. The Balaban J connectivity index is 1.99. The van der Waals surface area contributed by atoms with Crippen molar-refractivity contribution in [3.63, 3.8) is 0 Å². The predicted octanol–water partition coefficient (Wildman–Crippen LogP) is 3.91. The topological polar surface area (TPSA) is 56.5 Å². The van der Waals surface area contributed by atoms with Crippen molar-refractivity contribution in [1.82, 2.24) is 0 Å². The van der Waals surface area contributed by atoms with Gasteiger partial charge in [-0.15, -0.1) is 0 Å². The fourth-order valence-electron chi connectivity index (χ4n) is 2.29. The lowest BCUT2D eigenvalue weighted by Crippen LogP contribution is -2.09. The van der Waals surface area contributed by atoms with Crippen LogP contribution in [0.15, 0.2) is 39.5 Å². The van der Waals surface area contributed by atoms with Crippen LogP contribution >= 0.6 is 0 Å². The van der Waals surface area contributed by atoms with E-state index in [9.17, 15) is 9.59 Å². The highest BCUT2D eigenvalue weighted by atomic mass is 16.5. The average Bonchev–Trinajstić information content (AvgIpc) is 2.45. The fraction of sp³-hybridized carbons (Fsp3) is 0.412. The monoisotopic (exact) mass is 288 g/mol. The van der Waals surface area contributed by atoms with Crippen LogP contribution < -0.4 is 10.4 Å². The Labute approximate surface area is 123 Å². The van der Waals surface area contributed by atoms with Crippen LogP contribution in [-0.4, -0.2) is 5.97 Å². The largest absolute Gasteiger partial charge is 0.426 e. The smallest absolute Gasteiger partial charge is 0.336 e. The van der Waals surface area contributed by atoms with E-state index in [-0.39, 0.29) is 5.97 Å². The Morgan fingerprint density at radius 3 is 2.76 bits per heavy atom. The van der Waals surface area contributed by atoms with Crippen molar-refractivity contribution < 1.29 is 13.9 Å². The van der Waals surface area contributed by atoms with Gasteiger partial charge in [0.2, 0.25) is 0 Å². The minimum absolute atomic E-state index is 0.254. The molecule has 1 unspecified atom stereocenters. The van der Waals surface area contributed by atoms with Gasteiger partial charge in [0.25, 0.3) is 0 Å². The summed E-state index contributed by atoms with van der Waals surface area (Å²) in [6.07, 6.45) is 3.47. The van der Waals surface area contributed by atoms with Gasteiger partial charge in [0.15, 0.2) is 0 Å². The minimum atomic E-state index is -0.417. The first-order valence-electron chi connectivity index (χ1n) is 7.33. The summed E-state index contributed by atoms with van der Waals surface area (Å²) in [5.41, 5.74) is 0.00604. The van der Waals surface area contributed by atoms with Crippen LogP contribution in [0.4, 0.5) is 0 Å². The van der Waals surface area contributed by atoms with Crippen LogP contribution in [-0.2, 0) is 4.79 Å². The van der Waals surface area contributed by atoms with Gasteiger partial charge in [0.05, 0.1) is 0 Å². The quantitative estimate of drug-likeness (QED) is 0.459. The molecule has 4 heteroatoms. The number of rotatable bonds is 6. The lowest BCUT2D eigenvalue weighted by molar-refractivity contribution is -0.134. The van der Waals surface area contributed by atoms with E-state index >= 15 is 0 Å². The molecule has 0 bridgehead atoms. The van der Waals surface area contributed by atoms with E-state index in [1.54, 1.807) is 24.3 Å². The summed E-state index contributed by atoms with van der Waals surface area (Å²) < 4.78 is 10.4. The fourth-order valence-corrected chi connectivity index (χ4v) is 2.29. The van der Waals surface area contributed by atoms with E-state index in [4.69, 9.17) is 9.15 Å². The van der Waals surface area contributed by atoms with E-state index in [0.717, 1.165) is 24.6 Å². The van der Waals surface area contributed by atoms with E-state index < -0.39 is 5.63 Å². The molecule has 0 aliphatic rings. The van der Waals surface area contributed by atoms with E-state index in [1.807, 2.05) is 0 Å². The number of fused-ring (bicyclic) bond motifs is 1. The molecule has 21 heavy (non-hydrogen) atoms. The van der Waals surface area contributed by atoms with Crippen molar-refractivity contribution in [3.8, 4) is 5.75 Å². The Hall–Kier alpha value is -2.10. The van der Waals surface area contributed by atoms with E-state index in [0.29, 0.717) is 23.7 Å². The second kappa shape index (κ2) is 7.07. The summed E-state index contributed by atoms with van der Waals surface area (Å²) in [5, 5.41) is 0.797. The SMILES string of the molecule is CCCC(C)CCC(=O)Oc1ccc2ccc(=O)oc2c1. The summed E-state index contributed by atoms with van der Waals surface area (Å²) in [7, 11) is 0. The van der Waals surface area contributed by atoms with Crippen molar-refractivity contribution >= 4 is 16.9 Å². The van der Waals surface area contributed by atoms with Gasteiger partial charge in [-0.25, -0.2) is 4.79 Å². The zero-order chi connectivity index (χ0) is 15.2. The van der Waals surface area contributed by atoms with Gasteiger partial charge in [0.1, 0.15) is 11.3 Å². The van der Waals surface area contributed by atoms with Crippen molar-refractivity contribution in [2.24, 2.45) is 5.92 Å². The van der Waals surface area contributed by atoms with Crippen LogP contribution in [0, 0.1) is 5.92 Å². The second-order valence-electron chi connectivity index (χ2n) is 5.36. The molecule has 0 aliphatic heterocycles. The summed E-state index contributed by atoms with van der Waals surface area (Å²) >= 11 is 0. The van der Waals surface area contributed by atoms with Crippen molar-refractivity contribution in [2.45, 2.75) is 39.5 Å². The van der Waals surface area contributed by atoms with E-state index in [2.05, 4.69) is 13.8 Å². The van der Waals surface area contributed by atoms with Crippen molar-refractivity contribution in [1.29, 1.82) is 0 Å². The van der Waals surface area contributed by atoms with Crippen LogP contribution in [0.3, 0.4) is 0 Å². The first kappa shape index (κ1) is 15.3. The molecule has 0 N–H and O–H groups in total. The summed E-state index contributed by atoms with van der Waals surface area (Å²) in [6.45, 7) is 4.28. The molecule has 0 fully saturated rings. The zero-order valence-corrected chi connectivity index (χ0v) is 12.4. The van der Waals surface area contributed by atoms with Crippen LogP contribution in [0.5, 0.6) is 5.75 Å². The predicted molar refractivity (Wildman–Crippen MR) is 81.4 cm³/mol. The molecular weight excluding hydrogens is 268 g/mol. The molecule has 2 aromatic rings.